The second kappa shape index (κ2) is 7.12. The summed E-state index contributed by atoms with van der Waals surface area (Å²) < 4.78 is 5.39. The van der Waals surface area contributed by atoms with Gasteiger partial charge in [-0.2, -0.15) is 0 Å². The normalized spacial score (nSPS) is 13.3. The second-order valence-corrected chi connectivity index (χ2v) is 5.83. The Morgan fingerprint density at radius 1 is 1.12 bits per heavy atom. The van der Waals surface area contributed by atoms with Crippen LogP contribution in [-0.2, 0) is 17.9 Å². The molecule has 6 heteroatoms. The zero-order chi connectivity index (χ0) is 16.9. The number of nitrogens with zero attached hydrogens (tertiary/aromatic N) is 2. The van der Waals surface area contributed by atoms with Gasteiger partial charge in [0.1, 0.15) is 6.61 Å². The summed E-state index contributed by atoms with van der Waals surface area (Å²) >= 11 is 0. The molecule has 0 N–H and O–H groups in total. The fourth-order valence-electron chi connectivity index (χ4n) is 2.50. The van der Waals surface area contributed by atoms with Gasteiger partial charge in [-0.25, -0.2) is 4.79 Å². The number of ether oxygens (including phenoxy) is 1. The molecule has 24 heavy (non-hydrogen) atoms. The maximum absolute atomic E-state index is 12.4. The molecule has 0 radical (unpaired) electrons. The SMILES string of the molecule is O=C(OCc1ccccc1)N(Cc1cccc([N+](=O)[O-])c1)C1CC1. The van der Waals surface area contributed by atoms with Crippen LogP contribution in [0.25, 0.3) is 0 Å². The number of rotatable bonds is 6. The minimum absolute atomic E-state index is 0.0286. The van der Waals surface area contributed by atoms with Crippen LogP contribution in [0.5, 0.6) is 0 Å². The Balaban J connectivity index is 1.65. The van der Waals surface area contributed by atoms with Crippen LogP contribution in [0.1, 0.15) is 24.0 Å². The summed E-state index contributed by atoms with van der Waals surface area (Å²) in [6.07, 6.45) is 1.50. The molecule has 6 nitrogen and oxygen atoms in total. The number of carbonyl (C=O) groups is 1. The molecule has 0 unspecified atom stereocenters. The van der Waals surface area contributed by atoms with Crippen LogP contribution in [0.3, 0.4) is 0 Å². The van der Waals surface area contributed by atoms with Gasteiger partial charge in [0.05, 0.1) is 4.92 Å². The number of nitro benzene ring substituents is 1. The molecular formula is C18H18N2O4. The molecule has 0 aliphatic heterocycles. The molecule has 124 valence electrons. The highest BCUT2D eigenvalue weighted by Crippen LogP contribution is 2.29. The molecule has 0 saturated heterocycles. The van der Waals surface area contributed by atoms with Gasteiger partial charge in [0.15, 0.2) is 0 Å². The van der Waals surface area contributed by atoms with E-state index in [4.69, 9.17) is 4.74 Å². The van der Waals surface area contributed by atoms with Crippen molar-refractivity contribution in [3.05, 3.63) is 75.8 Å². The van der Waals surface area contributed by atoms with Crippen LogP contribution in [0.4, 0.5) is 10.5 Å². The molecule has 1 aliphatic rings. The third-order valence-corrected chi connectivity index (χ3v) is 3.90. The van der Waals surface area contributed by atoms with Crippen molar-refractivity contribution in [3.63, 3.8) is 0 Å². The highest BCUT2D eigenvalue weighted by atomic mass is 16.6. The lowest BCUT2D eigenvalue weighted by Crippen LogP contribution is -2.33. The number of benzene rings is 2. The molecule has 1 saturated carbocycles. The van der Waals surface area contributed by atoms with Crippen molar-refractivity contribution in [3.8, 4) is 0 Å². The molecule has 0 spiro atoms. The minimum Gasteiger partial charge on any atom is -0.445 e. The lowest BCUT2D eigenvalue weighted by Gasteiger charge is -2.22. The van der Waals surface area contributed by atoms with Gasteiger partial charge in [0, 0.05) is 24.7 Å². The summed E-state index contributed by atoms with van der Waals surface area (Å²) in [7, 11) is 0. The first kappa shape index (κ1) is 16.0. The fraction of sp³-hybridized carbons (Fsp3) is 0.278. The molecule has 2 aromatic rings. The number of nitro groups is 1. The average Bonchev–Trinajstić information content (AvgIpc) is 3.43. The van der Waals surface area contributed by atoms with E-state index in [0.717, 1.165) is 24.0 Å². The Kier molecular flexibility index (Phi) is 4.74. The van der Waals surface area contributed by atoms with E-state index < -0.39 is 4.92 Å². The summed E-state index contributed by atoms with van der Waals surface area (Å²) in [5, 5.41) is 10.9. The molecule has 1 fully saturated rings. The van der Waals surface area contributed by atoms with Crippen molar-refractivity contribution in [1.29, 1.82) is 0 Å². The summed E-state index contributed by atoms with van der Waals surface area (Å²) in [6, 6.07) is 16.0. The van der Waals surface area contributed by atoms with Crippen LogP contribution >= 0.6 is 0 Å². The Morgan fingerprint density at radius 3 is 2.50 bits per heavy atom. The molecule has 2 aromatic carbocycles. The maximum Gasteiger partial charge on any atom is 0.410 e. The van der Waals surface area contributed by atoms with Crippen molar-refractivity contribution in [2.75, 3.05) is 0 Å². The topological polar surface area (TPSA) is 72.7 Å². The van der Waals surface area contributed by atoms with Gasteiger partial charge in [-0.1, -0.05) is 42.5 Å². The van der Waals surface area contributed by atoms with Gasteiger partial charge >= 0.3 is 6.09 Å². The molecule has 0 atom stereocenters. The Morgan fingerprint density at radius 2 is 1.83 bits per heavy atom. The van der Waals surface area contributed by atoms with E-state index in [9.17, 15) is 14.9 Å². The van der Waals surface area contributed by atoms with E-state index in [1.807, 2.05) is 30.3 Å². The highest BCUT2D eigenvalue weighted by Gasteiger charge is 2.33. The Bertz CT molecular complexity index is 729. The van der Waals surface area contributed by atoms with E-state index in [1.54, 1.807) is 17.0 Å². The largest absolute Gasteiger partial charge is 0.445 e. The van der Waals surface area contributed by atoms with Gasteiger partial charge < -0.3 is 9.64 Å². The second-order valence-electron chi connectivity index (χ2n) is 5.83. The maximum atomic E-state index is 12.4. The first-order valence-electron chi connectivity index (χ1n) is 7.84. The van der Waals surface area contributed by atoms with Crippen LogP contribution < -0.4 is 0 Å². The number of amides is 1. The smallest absolute Gasteiger partial charge is 0.410 e. The zero-order valence-corrected chi connectivity index (χ0v) is 13.1. The molecule has 3 rings (SSSR count). The van der Waals surface area contributed by atoms with E-state index in [1.165, 1.54) is 12.1 Å². The van der Waals surface area contributed by atoms with Gasteiger partial charge in [-0.15, -0.1) is 0 Å². The third kappa shape index (κ3) is 4.10. The molecule has 1 aliphatic carbocycles. The van der Waals surface area contributed by atoms with Gasteiger partial charge in [0.25, 0.3) is 5.69 Å². The number of hydrogen-bond donors (Lipinski definition) is 0. The van der Waals surface area contributed by atoms with Crippen LogP contribution in [0.2, 0.25) is 0 Å². The Labute approximate surface area is 139 Å². The lowest BCUT2D eigenvalue weighted by atomic mass is 10.2. The van der Waals surface area contributed by atoms with Crippen molar-refractivity contribution >= 4 is 11.8 Å². The van der Waals surface area contributed by atoms with Crippen LogP contribution in [-0.4, -0.2) is 22.0 Å². The summed E-state index contributed by atoms with van der Waals surface area (Å²) in [5.74, 6) is 0. The first-order chi connectivity index (χ1) is 11.6. The van der Waals surface area contributed by atoms with E-state index in [0.29, 0.717) is 6.54 Å². The van der Waals surface area contributed by atoms with Crippen LogP contribution in [0, 0.1) is 10.1 Å². The quantitative estimate of drug-likeness (QED) is 0.596. The fourth-order valence-corrected chi connectivity index (χ4v) is 2.50. The summed E-state index contributed by atoms with van der Waals surface area (Å²) in [6.45, 7) is 0.539. The number of non-ortho nitro benzene ring substituents is 1. The average molecular weight is 326 g/mol. The first-order valence-corrected chi connectivity index (χ1v) is 7.84. The molecule has 0 aromatic heterocycles. The summed E-state index contributed by atoms with van der Waals surface area (Å²) in [5.41, 5.74) is 1.69. The van der Waals surface area contributed by atoms with E-state index in [2.05, 4.69) is 0 Å². The standard InChI is InChI=1S/C18H18N2O4/c21-18(24-13-14-5-2-1-3-6-14)19(16-9-10-16)12-15-7-4-8-17(11-15)20(22)23/h1-8,11,16H,9-10,12-13H2. The predicted molar refractivity (Wildman–Crippen MR) is 88.3 cm³/mol. The van der Waals surface area contributed by atoms with Crippen LogP contribution in [0.15, 0.2) is 54.6 Å². The Hall–Kier alpha value is -2.89. The number of hydrogen-bond acceptors (Lipinski definition) is 4. The molecule has 1 amide bonds. The van der Waals surface area contributed by atoms with E-state index in [-0.39, 0.29) is 24.4 Å². The summed E-state index contributed by atoms with van der Waals surface area (Å²) in [4.78, 5) is 24.5. The van der Waals surface area contributed by atoms with Crippen molar-refractivity contribution in [2.45, 2.75) is 32.0 Å². The third-order valence-electron chi connectivity index (χ3n) is 3.90. The predicted octanol–water partition coefficient (Wildman–Crippen LogP) is 3.90. The highest BCUT2D eigenvalue weighted by molar-refractivity contribution is 5.68. The zero-order valence-electron chi connectivity index (χ0n) is 13.1. The molecule has 0 bridgehead atoms. The minimum atomic E-state index is -0.432. The monoisotopic (exact) mass is 326 g/mol. The van der Waals surface area contributed by atoms with Gasteiger partial charge in [-0.3, -0.25) is 10.1 Å². The van der Waals surface area contributed by atoms with Crippen molar-refractivity contribution < 1.29 is 14.5 Å². The number of carbonyl (C=O) groups excluding carboxylic acids is 1. The lowest BCUT2D eigenvalue weighted by molar-refractivity contribution is -0.384. The van der Waals surface area contributed by atoms with E-state index >= 15 is 0 Å². The van der Waals surface area contributed by atoms with Gasteiger partial charge in [0.2, 0.25) is 0 Å². The van der Waals surface area contributed by atoms with Crippen molar-refractivity contribution in [2.24, 2.45) is 0 Å². The van der Waals surface area contributed by atoms with Crippen molar-refractivity contribution in [1.82, 2.24) is 4.90 Å². The van der Waals surface area contributed by atoms with Gasteiger partial charge in [-0.05, 0) is 24.0 Å². The molecular weight excluding hydrogens is 308 g/mol. The molecule has 0 heterocycles.